The van der Waals surface area contributed by atoms with Gasteiger partial charge in [0.05, 0.1) is 31.2 Å². The molecule has 4 atom stereocenters. The lowest BCUT2D eigenvalue weighted by molar-refractivity contribution is 0.149. The molecule has 3 aromatic carbocycles. The first kappa shape index (κ1) is 35.2. The summed E-state index contributed by atoms with van der Waals surface area (Å²) in [5.41, 5.74) is 3.50. The molecule has 1 saturated heterocycles. The maximum Gasteiger partial charge on any atom is 0.119 e. The lowest BCUT2D eigenvalue weighted by Crippen LogP contribution is -2.20. The number of rotatable bonds is 21. The van der Waals surface area contributed by atoms with Crippen LogP contribution < -0.4 is 14.2 Å². The van der Waals surface area contributed by atoms with E-state index in [9.17, 15) is 5.11 Å². The average molecular weight is 633 g/mol. The van der Waals surface area contributed by atoms with E-state index in [2.05, 4.69) is 93.6 Å². The van der Waals surface area contributed by atoms with Gasteiger partial charge in [-0.2, -0.15) is 0 Å². The highest BCUT2D eigenvalue weighted by Gasteiger charge is 2.45. The van der Waals surface area contributed by atoms with E-state index in [0.29, 0.717) is 0 Å². The fourth-order valence-electron chi connectivity index (χ4n) is 6.07. The predicted molar refractivity (Wildman–Crippen MR) is 190 cm³/mol. The molecule has 0 spiro atoms. The van der Waals surface area contributed by atoms with Crippen LogP contribution in [0.4, 0.5) is 0 Å². The van der Waals surface area contributed by atoms with Crippen molar-refractivity contribution in [3.05, 3.63) is 89.5 Å². The molecule has 0 amide bonds. The first-order valence-corrected chi connectivity index (χ1v) is 18.6. The summed E-state index contributed by atoms with van der Waals surface area (Å²) in [6.45, 7) is 8.94. The Hall–Kier alpha value is -2.63. The molecule has 1 aliphatic rings. The first-order chi connectivity index (χ1) is 22.1. The molecule has 1 N–H and O–H groups in total. The summed E-state index contributed by atoms with van der Waals surface area (Å²) in [5, 5.41) is 12.0. The van der Waals surface area contributed by atoms with Crippen molar-refractivity contribution >= 4 is 11.8 Å². The highest BCUT2D eigenvalue weighted by molar-refractivity contribution is 8.00. The van der Waals surface area contributed by atoms with E-state index in [4.69, 9.17) is 14.2 Å². The summed E-state index contributed by atoms with van der Waals surface area (Å²) in [4.78, 5) is 0. The van der Waals surface area contributed by atoms with E-state index in [1.165, 1.54) is 63.4 Å². The van der Waals surface area contributed by atoms with Gasteiger partial charge >= 0.3 is 0 Å². The van der Waals surface area contributed by atoms with Crippen LogP contribution in [0.1, 0.15) is 131 Å². The molecule has 4 rings (SSSR count). The standard InChI is InChI=1S/C40H56O4S/c1-4-7-10-13-28-42-34-22-16-31(17-23-34)37-38(41)40(33-20-26-36(27-21-33)44-30-15-12-9-6-3)45-39(37)32-18-24-35(25-19-32)43-29-14-11-8-5-2/h16-27,37-41H,4-15,28-30H2,1-3H3. The van der Waals surface area contributed by atoms with Gasteiger partial charge in [0.15, 0.2) is 0 Å². The zero-order valence-electron chi connectivity index (χ0n) is 27.9. The van der Waals surface area contributed by atoms with Crippen molar-refractivity contribution in [2.24, 2.45) is 0 Å². The van der Waals surface area contributed by atoms with Crippen molar-refractivity contribution in [2.45, 2.75) is 120 Å². The summed E-state index contributed by atoms with van der Waals surface area (Å²) in [5.74, 6) is 2.66. The third-order valence-electron chi connectivity index (χ3n) is 8.78. The lowest BCUT2D eigenvalue weighted by Gasteiger charge is -2.23. The van der Waals surface area contributed by atoms with Gasteiger partial charge in [-0.05, 0) is 72.4 Å². The second-order valence-electron chi connectivity index (χ2n) is 12.4. The molecule has 0 radical (unpaired) electrons. The Morgan fingerprint density at radius 2 is 0.822 bits per heavy atom. The van der Waals surface area contributed by atoms with Crippen molar-refractivity contribution in [2.75, 3.05) is 19.8 Å². The van der Waals surface area contributed by atoms with Gasteiger partial charge < -0.3 is 19.3 Å². The smallest absolute Gasteiger partial charge is 0.119 e. The molecule has 0 aliphatic carbocycles. The van der Waals surface area contributed by atoms with Gasteiger partial charge in [-0.3, -0.25) is 0 Å². The van der Waals surface area contributed by atoms with Gasteiger partial charge in [0.2, 0.25) is 0 Å². The molecule has 1 heterocycles. The maximum atomic E-state index is 11.9. The first-order valence-electron chi connectivity index (χ1n) is 17.7. The van der Waals surface area contributed by atoms with Crippen LogP contribution in [-0.2, 0) is 0 Å². The van der Waals surface area contributed by atoms with Crippen LogP contribution in [0.25, 0.3) is 0 Å². The van der Waals surface area contributed by atoms with Gasteiger partial charge in [0, 0.05) is 11.2 Å². The van der Waals surface area contributed by atoms with Crippen molar-refractivity contribution in [3.63, 3.8) is 0 Å². The van der Waals surface area contributed by atoms with Gasteiger partial charge in [-0.25, -0.2) is 0 Å². The normalized spacial score (nSPS) is 19.5. The average Bonchev–Trinajstić information content (AvgIpc) is 3.42. The Labute approximate surface area is 277 Å². The highest BCUT2D eigenvalue weighted by Crippen LogP contribution is 2.60. The minimum absolute atomic E-state index is 0.0393. The zero-order valence-corrected chi connectivity index (χ0v) is 28.7. The monoisotopic (exact) mass is 632 g/mol. The number of benzene rings is 3. The maximum absolute atomic E-state index is 11.9. The summed E-state index contributed by atoms with van der Waals surface area (Å²) < 4.78 is 18.1. The van der Waals surface area contributed by atoms with Crippen LogP contribution in [0.15, 0.2) is 72.8 Å². The molecule has 0 aromatic heterocycles. The Kier molecular flexibility index (Phi) is 15.5. The molecule has 1 fully saturated rings. The number of aliphatic hydroxyl groups is 1. The van der Waals surface area contributed by atoms with Crippen molar-refractivity contribution in [1.82, 2.24) is 0 Å². The van der Waals surface area contributed by atoms with Crippen LogP contribution >= 0.6 is 11.8 Å². The van der Waals surface area contributed by atoms with E-state index in [0.717, 1.165) is 67.5 Å². The third-order valence-corrected chi connectivity index (χ3v) is 10.5. The molecule has 1 aliphatic heterocycles. The predicted octanol–water partition coefficient (Wildman–Crippen LogP) is 11.2. The van der Waals surface area contributed by atoms with Crippen LogP contribution in [0.3, 0.4) is 0 Å². The SMILES string of the molecule is CCCCCCOc1ccc(C2SC(c3ccc(OCCCCCC)cc3)C(c3ccc(OCCCCCC)cc3)C2O)cc1. The van der Waals surface area contributed by atoms with E-state index < -0.39 is 6.10 Å². The molecule has 4 unspecified atom stereocenters. The second-order valence-corrected chi connectivity index (χ2v) is 13.7. The minimum Gasteiger partial charge on any atom is -0.494 e. The van der Waals surface area contributed by atoms with Gasteiger partial charge in [-0.1, -0.05) is 115 Å². The van der Waals surface area contributed by atoms with Gasteiger partial charge in [0.25, 0.3) is 0 Å². The fourth-order valence-corrected chi connectivity index (χ4v) is 7.84. The van der Waals surface area contributed by atoms with Crippen LogP contribution in [0.2, 0.25) is 0 Å². The summed E-state index contributed by atoms with van der Waals surface area (Å²) in [6.07, 6.45) is 13.8. The van der Waals surface area contributed by atoms with Crippen molar-refractivity contribution in [1.29, 1.82) is 0 Å². The van der Waals surface area contributed by atoms with E-state index in [1.807, 2.05) is 11.8 Å². The molecule has 0 saturated carbocycles. The summed E-state index contributed by atoms with van der Waals surface area (Å²) in [7, 11) is 0. The lowest BCUT2D eigenvalue weighted by atomic mass is 9.84. The Balaban J connectivity index is 1.47. The Morgan fingerprint density at radius 1 is 0.467 bits per heavy atom. The molecule has 246 valence electrons. The van der Waals surface area contributed by atoms with E-state index in [-0.39, 0.29) is 16.4 Å². The number of thioether (sulfide) groups is 1. The molecule has 3 aromatic rings. The third kappa shape index (κ3) is 11.0. The summed E-state index contributed by atoms with van der Waals surface area (Å²) in [6, 6.07) is 25.4. The van der Waals surface area contributed by atoms with Gasteiger partial charge in [0.1, 0.15) is 17.2 Å². The molecule has 45 heavy (non-hydrogen) atoms. The number of unbranched alkanes of at least 4 members (excludes halogenated alkanes) is 9. The van der Waals surface area contributed by atoms with E-state index >= 15 is 0 Å². The number of hydrogen-bond acceptors (Lipinski definition) is 5. The number of aliphatic hydroxyl groups excluding tert-OH is 1. The zero-order chi connectivity index (χ0) is 31.7. The molecular weight excluding hydrogens is 577 g/mol. The van der Waals surface area contributed by atoms with Gasteiger partial charge in [-0.15, -0.1) is 11.8 Å². The molecule has 4 nitrogen and oxygen atoms in total. The Morgan fingerprint density at radius 3 is 1.20 bits per heavy atom. The molecular formula is C40H56O4S. The Bertz CT molecular complexity index is 1190. The highest BCUT2D eigenvalue weighted by atomic mass is 32.2. The van der Waals surface area contributed by atoms with Crippen LogP contribution in [-0.4, -0.2) is 31.0 Å². The quantitative estimate of drug-likeness (QED) is 0.118. The minimum atomic E-state index is -0.531. The fraction of sp³-hybridized carbons (Fsp3) is 0.550. The molecule has 5 heteroatoms. The topological polar surface area (TPSA) is 47.9 Å². The van der Waals surface area contributed by atoms with Crippen molar-refractivity contribution in [3.8, 4) is 17.2 Å². The van der Waals surface area contributed by atoms with Crippen LogP contribution in [0.5, 0.6) is 17.2 Å². The van der Waals surface area contributed by atoms with E-state index in [1.54, 1.807) is 0 Å². The summed E-state index contributed by atoms with van der Waals surface area (Å²) >= 11 is 1.86. The number of hydrogen-bond donors (Lipinski definition) is 1. The second kappa shape index (κ2) is 19.8. The van der Waals surface area contributed by atoms with Crippen LogP contribution in [0, 0.1) is 0 Å². The molecule has 0 bridgehead atoms. The largest absolute Gasteiger partial charge is 0.494 e. The van der Waals surface area contributed by atoms with Crippen molar-refractivity contribution < 1.29 is 19.3 Å². The number of ether oxygens (including phenoxy) is 3.